The Hall–Kier alpha value is -1.09. The van der Waals surface area contributed by atoms with E-state index in [2.05, 4.69) is 5.32 Å². The molecule has 0 atom stereocenters. The molecule has 1 saturated heterocycles. The van der Waals surface area contributed by atoms with Crippen molar-refractivity contribution in [3.63, 3.8) is 0 Å². The second kappa shape index (κ2) is 6.57. The first-order valence-corrected chi connectivity index (χ1v) is 8.96. The predicted molar refractivity (Wildman–Crippen MR) is 86.1 cm³/mol. The van der Waals surface area contributed by atoms with Gasteiger partial charge in [0.15, 0.2) is 0 Å². The van der Waals surface area contributed by atoms with Gasteiger partial charge in [-0.2, -0.15) is 0 Å². The maximum absolute atomic E-state index is 11.6. The third-order valence-corrected chi connectivity index (χ3v) is 5.90. The molecule has 0 radical (unpaired) electrons. The van der Waals surface area contributed by atoms with E-state index >= 15 is 0 Å². The SMILES string of the molecule is CCS(=O)(=O)N1CC(CNc2c(Cl)cc([N+](=O)[O-])cc2Cl)C1. The Labute approximate surface area is 138 Å². The van der Waals surface area contributed by atoms with Gasteiger partial charge in [0.05, 0.1) is 26.4 Å². The van der Waals surface area contributed by atoms with Gasteiger partial charge in [-0.15, -0.1) is 0 Å². The van der Waals surface area contributed by atoms with Crippen LogP contribution in [0, 0.1) is 16.0 Å². The molecule has 2 rings (SSSR count). The Morgan fingerprint density at radius 1 is 1.36 bits per heavy atom. The number of anilines is 1. The maximum Gasteiger partial charge on any atom is 0.272 e. The van der Waals surface area contributed by atoms with Gasteiger partial charge in [0.1, 0.15) is 0 Å². The fourth-order valence-electron chi connectivity index (χ4n) is 2.14. The first-order chi connectivity index (χ1) is 10.2. The molecule has 0 aromatic heterocycles. The van der Waals surface area contributed by atoms with Crippen LogP contribution in [0.3, 0.4) is 0 Å². The van der Waals surface area contributed by atoms with Gasteiger partial charge in [-0.3, -0.25) is 10.1 Å². The van der Waals surface area contributed by atoms with E-state index in [9.17, 15) is 18.5 Å². The molecule has 0 amide bonds. The molecule has 1 aliphatic rings. The van der Waals surface area contributed by atoms with Crippen molar-refractivity contribution in [1.29, 1.82) is 0 Å². The van der Waals surface area contributed by atoms with Gasteiger partial charge in [0, 0.05) is 37.7 Å². The molecule has 7 nitrogen and oxygen atoms in total. The van der Waals surface area contributed by atoms with Crippen molar-refractivity contribution >= 4 is 44.6 Å². The highest BCUT2D eigenvalue weighted by Crippen LogP contribution is 2.35. The topological polar surface area (TPSA) is 92.6 Å². The second-order valence-corrected chi connectivity index (χ2v) is 8.08. The zero-order valence-electron chi connectivity index (χ0n) is 11.8. The van der Waals surface area contributed by atoms with Crippen molar-refractivity contribution in [3.8, 4) is 0 Å². The van der Waals surface area contributed by atoms with Crippen LogP contribution in [-0.4, -0.2) is 43.0 Å². The summed E-state index contributed by atoms with van der Waals surface area (Å²) in [5, 5.41) is 14.1. The average molecular weight is 368 g/mol. The molecule has 0 unspecified atom stereocenters. The minimum atomic E-state index is -3.13. The zero-order chi connectivity index (χ0) is 16.5. The summed E-state index contributed by atoms with van der Waals surface area (Å²) in [6, 6.07) is 2.45. The first kappa shape index (κ1) is 17.3. The van der Waals surface area contributed by atoms with Crippen molar-refractivity contribution in [1.82, 2.24) is 4.31 Å². The maximum atomic E-state index is 11.6. The van der Waals surface area contributed by atoms with E-state index < -0.39 is 14.9 Å². The molecule has 1 heterocycles. The van der Waals surface area contributed by atoms with E-state index in [0.29, 0.717) is 25.3 Å². The normalized spacial score (nSPS) is 16.3. The number of nitrogens with one attached hydrogen (secondary N) is 1. The van der Waals surface area contributed by atoms with E-state index in [0.717, 1.165) is 0 Å². The Morgan fingerprint density at radius 2 is 1.91 bits per heavy atom. The van der Waals surface area contributed by atoms with E-state index in [1.165, 1.54) is 16.4 Å². The molecule has 10 heteroatoms. The quantitative estimate of drug-likeness (QED) is 0.616. The Balaban J connectivity index is 1.96. The van der Waals surface area contributed by atoms with Gasteiger partial charge in [-0.05, 0) is 6.92 Å². The Kier molecular flexibility index (Phi) is 5.16. The van der Waals surface area contributed by atoms with E-state index in [-0.39, 0.29) is 27.4 Å². The lowest BCUT2D eigenvalue weighted by Crippen LogP contribution is -2.52. The number of hydrogen-bond acceptors (Lipinski definition) is 5. The summed E-state index contributed by atoms with van der Waals surface area (Å²) in [6.45, 7) is 3.00. The molecular weight excluding hydrogens is 353 g/mol. The largest absolute Gasteiger partial charge is 0.382 e. The summed E-state index contributed by atoms with van der Waals surface area (Å²) in [4.78, 5) is 10.1. The van der Waals surface area contributed by atoms with E-state index in [1.54, 1.807) is 6.92 Å². The van der Waals surface area contributed by atoms with Crippen LogP contribution in [0.25, 0.3) is 0 Å². The number of nitro groups is 1. The zero-order valence-corrected chi connectivity index (χ0v) is 14.1. The molecule has 0 spiro atoms. The number of halogens is 2. The van der Waals surface area contributed by atoms with Crippen LogP contribution in [0.1, 0.15) is 6.92 Å². The predicted octanol–water partition coefficient (Wildman–Crippen LogP) is 2.60. The number of sulfonamides is 1. The van der Waals surface area contributed by atoms with Crippen molar-refractivity contribution in [3.05, 3.63) is 32.3 Å². The molecule has 1 fully saturated rings. The summed E-state index contributed by atoms with van der Waals surface area (Å²) in [6.07, 6.45) is 0. The lowest BCUT2D eigenvalue weighted by molar-refractivity contribution is -0.384. The molecule has 1 aromatic rings. The average Bonchev–Trinajstić information content (AvgIpc) is 2.38. The van der Waals surface area contributed by atoms with Crippen LogP contribution in [-0.2, 0) is 10.0 Å². The highest BCUT2D eigenvalue weighted by molar-refractivity contribution is 7.89. The van der Waals surface area contributed by atoms with Gasteiger partial charge in [-0.25, -0.2) is 12.7 Å². The van der Waals surface area contributed by atoms with Crippen LogP contribution >= 0.6 is 23.2 Å². The van der Waals surface area contributed by atoms with Gasteiger partial charge < -0.3 is 5.32 Å². The van der Waals surface area contributed by atoms with Crippen LogP contribution < -0.4 is 5.32 Å². The summed E-state index contributed by atoms with van der Waals surface area (Å²) in [5.41, 5.74) is 0.246. The minimum absolute atomic E-state index is 0.0904. The van der Waals surface area contributed by atoms with Crippen LogP contribution in [0.2, 0.25) is 10.0 Å². The number of nitrogens with zero attached hydrogens (tertiary/aromatic N) is 2. The molecule has 0 saturated carbocycles. The van der Waals surface area contributed by atoms with Gasteiger partial charge in [0.2, 0.25) is 10.0 Å². The van der Waals surface area contributed by atoms with Crippen LogP contribution in [0.5, 0.6) is 0 Å². The molecule has 1 aromatic carbocycles. The van der Waals surface area contributed by atoms with Crippen LogP contribution in [0.4, 0.5) is 11.4 Å². The van der Waals surface area contributed by atoms with Crippen molar-refractivity contribution < 1.29 is 13.3 Å². The monoisotopic (exact) mass is 367 g/mol. The third-order valence-electron chi connectivity index (χ3n) is 3.49. The van der Waals surface area contributed by atoms with Gasteiger partial charge >= 0.3 is 0 Å². The third kappa shape index (κ3) is 3.62. The lowest BCUT2D eigenvalue weighted by Gasteiger charge is -2.38. The molecule has 22 heavy (non-hydrogen) atoms. The van der Waals surface area contributed by atoms with Crippen molar-refractivity contribution in [2.75, 3.05) is 30.7 Å². The number of benzene rings is 1. The first-order valence-electron chi connectivity index (χ1n) is 6.59. The van der Waals surface area contributed by atoms with E-state index in [1.807, 2.05) is 0 Å². The Bertz CT molecular complexity index is 667. The standard InChI is InChI=1S/C12H15Cl2N3O4S/c1-2-22(20,21)16-6-8(7-16)5-15-12-10(13)3-9(17(18)19)4-11(12)14/h3-4,8,15H,2,5-7H2,1H3. The Morgan fingerprint density at radius 3 is 2.36 bits per heavy atom. The summed E-state index contributed by atoms with van der Waals surface area (Å²) in [7, 11) is -3.13. The fraction of sp³-hybridized carbons (Fsp3) is 0.500. The minimum Gasteiger partial charge on any atom is -0.382 e. The highest BCUT2D eigenvalue weighted by atomic mass is 35.5. The lowest BCUT2D eigenvalue weighted by atomic mass is 10.0. The van der Waals surface area contributed by atoms with Crippen LogP contribution in [0.15, 0.2) is 12.1 Å². The smallest absolute Gasteiger partial charge is 0.272 e. The summed E-state index contributed by atoms with van der Waals surface area (Å²) in [5.74, 6) is 0.247. The van der Waals surface area contributed by atoms with Gasteiger partial charge in [-0.1, -0.05) is 23.2 Å². The molecule has 1 N–H and O–H groups in total. The summed E-state index contributed by atoms with van der Waals surface area (Å²) >= 11 is 12.0. The molecule has 0 aliphatic carbocycles. The molecule has 122 valence electrons. The fourth-order valence-corrected chi connectivity index (χ4v) is 3.99. The molecular formula is C12H15Cl2N3O4S. The highest BCUT2D eigenvalue weighted by Gasteiger charge is 2.34. The molecule has 0 bridgehead atoms. The van der Waals surface area contributed by atoms with Gasteiger partial charge in [0.25, 0.3) is 5.69 Å². The molecule has 1 aliphatic heterocycles. The number of non-ortho nitro benzene ring substituents is 1. The van der Waals surface area contributed by atoms with E-state index in [4.69, 9.17) is 23.2 Å². The van der Waals surface area contributed by atoms with Crippen molar-refractivity contribution in [2.45, 2.75) is 6.92 Å². The number of nitro benzene ring substituents is 1. The van der Waals surface area contributed by atoms with Crippen molar-refractivity contribution in [2.24, 2.45) is 5.92 Å². The summed E-state index contributed by atoms with van der Waals surface area (Å²) < 4.78 is 24.6. The second-order valence-electron chi connectivity index (χ2n) is 5.01. The number of hydrogen-bond donors (Lipinski definition) is 1. The number of rotatable bonds is 6.